The van der Waals surface area contributed by atoms with E-state index in [0.29, 0.717) is 6.54 Å². The van der Waals surface area contributed by atoms with Crippen molar-refractivity contribution < 1.29 is 14.4 Å². The van der Waals surface area contributed by atoms with Gasteiger partial charge in [-0.3, -0.25) is 19.3 Å². The molecule has 3 rings (SSSR count). The highest BCUT2D eigenvalue weighted by Crippen LogP contribution is 2.38. The number of amides is 3. The maximum absolute atomic E-state index is 12.5. The Kier molecular flexibility index (Phi) is 4.97. The maximum Gasteiger partial charge on any atom is 0.243 e. The van der Waals surface area contributed by atoms with Gasteiger partial charge in [-0.1, -0.05) is 43.2 Å². The van der Waals surface area contributed by atoms with Gasteiger partial charge in [-0.05, 0) is 31.7 Å². The molecule has 2 aliphatic rings. The Hall–Kier alpha value is -2.17. The lowest BCUT2D eigenvalue weighted by atomic mass is 9.81. The fourth-order valence-electron chi connectivity index (χ4n) is 3.81. The minimum absolute atomic E-state index is 0.157. The zero-order valence-corrected chi connectivity index (χ0v) is 14.0. The minimum atomic E-state index is -0.730. The first-order valence-corrected chi connectivity index (χ1v) is 8.78. The van der Waals surface area contributed by atoms with Crippen molar-refractivity contribution in [2.45, 2.75) is 45.1 Å². The van der Waals surface area contributed by atoms with Gasteiger partial charge in [0.2, 0.25) is 17.7 Å². The van der Waals surface area contributed by atoms with Gasteiger partial charge in [-0.2, -0.15) is 0 Å². The van der Waals surface area contributed by atoms with E-state index in [1.54, 1.807) is 6.92 Å². The molecule has 0 radical (unpaired) electrons. The first kappa shape index (κ1) is 16.7. The lowest BCUT2D eigenvalue weighted by Crippen LogP contribution is -2.48. The minimum Gasteiger partial charge on any atom is -0.354 e. The fraction of sp³-hybridized carbons (Fsp3) is 0.526. The molecule has 1 saturated heterocycles. The summed E-state index contributed by atoms with van der Waals surface area (Å²) >= 11 is 0. The highest BCUT2D eigenvalue weighted by Gasteiger charge is 2.50. The van der Waals surface area contributed by atoms with E-state index in [9.17, 15) is 14.4 Å². The molecule has 1 N–H and O–H groups in total. The summed E-state index contributed by atoms with van der Waals surface area (Å²) in [6, 6.07) is 9.16. The second-order valence-corrected chi connectivity index (χ2v) is 6.75. The number of nitrogens with zero attached hydrogens (tertiary/aromatic N) is 1. The predicted octanol–water partition coefficient (Wildman–Crippen LogP) is 1.91. The van der Waals surface area contributed by atoms with E-state index in [4.69, 9.17) is 0 Å². The molecule has 24 heavy (non-hydrogen) atoms. The highest BCUT2D eigenvalue weighted by atomic mass is 16.2. The number of carbonyl (C=O) groups is 3. The number of imide groups is 1. The van der Waals surface area contributed by atoms with Crippen molar-refractivity contribution in [1.82, 2.24) is 10.2 Å². The van der Waals surface area contributed by atoms with Crippen LogP contribution in [0.2, 0.25) is 0 Å². The molecule has 128 valence electrons. The Morgan fingerprint density at radius 3 is 2.29 bits per heavy atom. The van der Waals surface area contributed by atoms with Crippen LogP contribution in [0.5, 0.6) is 0 Å². The normalized spacial score (nSPS) is 24.6. The van der Waals surface area contributed by atoms with E-state index in [1.165, 1.54) is 4.90 Å². The van der Waals surface area contributed by atoms with Crippen molar-refractivity contribution in [2.24, 2.45) is 11.8 Å². The summed E-state index contributed by atoms with van der Waals surface area (Å²) in [7, 11) is 0. The molecule has 3 amide bonds. The number of benzene rings is 1. The first-order chi connectivity index (χ1) is 11.6. The molecule has 1 aliphatic carbocycles. The van der Waals surface area contributed by atoms with Gasteiger partial charge in [0.05, 0.1) is 11.8 Å². The second-order valence-electron chi connectivity index (χ2n) is 6.75. The van der Waals surface area contributed by atoms with Crippen LogP contribution in [0.1, 0.15) is 38.2 Å². The summed E-state index contributed by atoms with van der Waals surface area (Å²) in [6.45, 7) is 2.14. The Bertz CT molecular complexity index is 605. The third-order valence-corrected chi connectivity index (χ3v) is 5.20. The van der Waals surface area contributed by atoms with Crippen LogP contribution >= 0.6 is 0 Å². The van der Waals surface area contributed by atoms with Crippen LogP contribution in [0.4, 0.5) is 0 Å². The van der Waals surface area contributed by atoms with Gasteiger partial charge in [0.25, 0.3) is 0 Å². The third kappa shape index (κ3) is 3.21. The first-order valence-electron chi connectivity index (χ1n) is 8.78. The molecule has 0 spiro atoms. The molecule has 1 aliphatic heterocycles. The average molecular weight is 328 g/mol. The highest BCUT2D eigenvalue weighted by molar-refractivity contribution is 6.08. The summed E-state index contributed by atoms with van der Waals surface area (Å²) in [6.07, 6.45) is 4.26. The van der Waals surface area contributed by atoms with Crippen LogP contribution in [0.3, 0.4) is 0 Å². The van der Waals surface area contributed by atoms with E-state index in [2.05, 4.69) is 5.32 Å². The van der Waals surface area contributed by atoms with Crippen LogP contribution in [-0.4, -0.2) is 35.2 Å². The van der Waals surface area contributed by atoms with Crippen LogP contribution < -0.4 is 5.32 Å². The molecule has 0 aromatic heterocycles. The molecule has 1 aromatic carbocycles. The zero-order valence-electron chi connectivity index (χ0n) is 14.0. The molecule has 3 atom stereocenters. The Morgan fingerprint density at radius 1 is 1.12 bits per heavy atom. The predicted molar refractivity (Wildman–Crippen MR) is 89.9 cm³/mol. The summed E-state index contributed by atoms with van der Waals surface area (Å²) in [4.78, 5) is 38.6. The number of nitrogens with one attached hydrogen (secondary N) is 1. The lowest BCUT2D eigenvalue weighted by Gasteiger charge is -2.22. The van der Waals surface area contributed by atoms with Gasteiger partial charge < -0.3 is 5.32 Å². The number of hydrogen-bond acceptors (Lipinski definition) is 3. The van der Waals surface area contributed by atoms with E-state index in [-0.39, 0.29) is 29.6 Å². The van der Waals surface area contributed by atoms with Gasteiger partial charge >= 0.3 is 0 Å². The van der Waals surface area contributed by atoms with E-state index in [1.807, 2.05) is 30.3 Å². The van der Waals surface area contributed by atoms with E-state index < -0.39 is 6.04 Å². The topological polar surface area (TPSA) is 66.5 Å². The van der Waals surface area contributed by atoms with Gasteiger partial charge in [0, 0.05) is 6.54 Å². The maximum atomic E-state index is 12.5. The van der Waals surface area contributed by atoms with Gasteiger partial charge in [-0.25, -0.2) is 0 Å². The molecule has 1 heterocycles. The van der Waals surface area contributed by atoms with E-state index >= 15 is 0 Å². The van der Waals surface area contributed by atoms with Crippen molar-refractivity contribution in [3.05, 3.63) is 35.9 Å². The monoisotopic (exact) mass is 328 g/mol. The molecule has 1 saturated carbocycles. The summed E-state index contributed by atoms with van der Waals surface area (Å²) in [5.41, 5.74) is 1.14. The standard InChI is InChI=1S/C19H24N2O3/c1-13(17(22)20-12-11-14-7-3-2-4-8-14)21-18(23)15-9-5-6-10-16(15)19(21)24/h2-4,7-8,13,15-16H,5-6,9-12H2,1H3,(H,20,22). The van der Waals surface area contributed by atoms with Gasteiger partial charge in [0.15, 0.2) is 0 Å². The number of hydrogen-bond donors (Lipinski definition) is 1. The molecular weight excluding hydrogens is 304 g/mol. The van der Waals surface area contributed by atoms with Gasteiger partial charge in [0.1, 0.15) is 6.04 Å². The lowest BCUT2D eigenvalue weighted by molar-refractivity contribution is -0.147. The number of fused-ring (bicyclic) bond motifs is 1. The molecule has 5 nitrogen and oxygen atoms in total. The van der Waals surface area contributed by atoms with Gasteiger partial charge in [-0.15, -0.1) is 0 Å². The van der Waals surface area contributed by atoms with Crippen LogP contribution in [0, 0.1) is 11.8 Å². The number of carbonyl (C=O) groups excluding carboxylic acids is 3. The van der Waals surface area contributed by atoms with Crippen molar-refractivity contribution in [2.75, 3.05) is 6.54 Å². The van der Waals surface area contributed by atoms with Crippen LogP contribution in [-0.2, 0) is 20.8 Å². The van der Waals surface area contributed by atoms with Crippen molar-refractivity contribution in [3.63, 3.8) is 0 Å². The number of likely N-dealkylation sites (tertiary alicyclic amines) is 1. The molecule has 2 fully saturated rings. The summed E-state index contributed by atoms with van der Waals surface area (Å²) in [5, 5.41) is 2.85. The smallest absolute Gasteiger partial charge is 0.243 e. The SMILES string of the molecule is CC(C(=O)NCCc1ccccc1)N1C(=O)C2CCCCC2C1=O. The zero-order chi connectivity index (χ0) is 17.1. The molecule has 0 bridgehead atoms. The van der Waals surface area contributed by atoms with Crippen molar-refractivity contribution in [3.8, 4) is 0 Å². The molecule has 3 unspecified atom stereocenters. The quantitative estimate of drug-likeness (QED) is 0.840. The van der Waals surface area contributed by atoms with Crippen molar-refractivity contribution in [1.29, 1.82) is 0 Å². The van der Waals surface area contributed by atoms with Crippen LogP contribution in [0.15, 0.2) is 30.3 Å². The van der Waals surface area contributed by atoms with Crippen LogP contribution in [0.25, 0.3) is 0 Å². The summed E-state index contributed by atoms with van der Waals surface area (Å²) in [5.74, 6) is -0.978. The fourth-order valence-corrected chi connectivity index (χ4v) is 3.81. The Balaban J connectivity index is 1.57. The molecule has 5 heteroatoms. The largest absolute Gasteiger partial charge is 0.354 e. The number of rotatable bonds is 5. The van der Waals surface area contributed by atoms with Crippen molar-refractivity contribution >= 4 is 17.7 Å². The Labute approximate surface area is 142 Å². The summed E-state index contributed by atoms with van der Waals surface area (Å²) < 4.78 is 0. The second kappa shape index (κ2) is 7.16. The molecule has 1 aromatic rings. The Morgan fingerprint density at radius 2 is 1.71 bits per heavy atom. The third-order valence-electron chi connectivity index (χ3n) is 5.20. The van der Waals surface area contributed by atoms with E-state index in [0.717, 1.165) is 37.7 Å². The average Bonchev–Trinajstić information content (AvgIpc) is 2.86. The molecular formula is C19H24N2O3.